The second kappa shape index (κ2) is 13.3. The highest BCUT2D eigenvalue weighted by atomic mass is 35.5. The summed E-state index contributed by atoms with van der Waals surface area (Å²) in [5, 5.41) is 3.61. The second-order valence-electron chi connectivity index (χ2n) is 9.67. The normalized spacial score (nSPS) is 13.9. The van der Waals surface area contributed by atoms with Crippen LogP contribution in [0.4, 0.5) is 20.2 Å². The third kappa shape index (κ3) is 7.85. The van der Waals surface area contributed by atoms with E-state index in [0.29, 0.717) is 35.4 Å². The number of benzene rings is 2. The minimum atomic E-state index is -0.283. The molecule has 0 aliphatic heterocycles. The van der Waals surface area contributed by atoms with Crippen LogP contribution in [-0.4, -0.2) is 41.8 Å². The highest BCUT2D eigenvalue weighted by Crippen LogP contribution is 2.42. The number of nitrogens with one attached hydrogen (secondary N) is 1. The zero-order chi connectivity index (χ0) is 30.7. The Morgan fingerprint density at radius 2 is 1.51 bits per heavy atom. The van der Waals surface area contributed by atoms with E-state index in [2.05, 4.69) is 30.2 Å². The largest absolute Gasteiger partial charge is 0.397 e. The molecule has 0 atom stereocenters. The number of nitrogen functional groups attached to an aromatic ring is 1. The van der Waals surface area contributed by atoms with Crippen molar-refractivity contribution >= 4 is 75.1 Å². The Balaban J connectivity index is 0.000000142. The maximum absolute atomic E-state index is 13.5. The molecular formula is C28H22Cl4F2N8O. The summed E-state index contributed by atoms with van der Waals surface area (Å²) in [5.41, 5.74) is 9.30. The van der Waals surface area contributed by atoms with Crippen LogP contribution in [-0.2, 0) is 0 Å². The van der Waals surface area contributed by atoms with E-state index < -0.39 is 0 Å². The number of fused-ring (bicyclic) bond motifs is 1. The van der Waals surface area contributed by atoms with E-state index in [1.54, 1.807) is 18.3 Å². The first-order chi connectivity index (χ1) is 20.6. The first-order valence-corrected chi connectivity index (χ1v) is 14.4. The molecule has 2 aromatic carbocycles. The highest BCUT2D eigenvalue weighted by molar-refractivity contribution is 6.34. The maximum Gasteiger partial charge on any atom is 0.223 e. The number of nitrogens with two attached hydrogens (primary N) is 1. The lowest BCUT2D eigenvalue weighted by molar-refractivity contribution is 0.112. The van der Waals surface area contributed by atoms with Gasteiger partial charge in [-0.3, -0.25) is 4.79 Å². The molecule has 2 aliphatic rings. The van der Waals surface area contributed by atoms with E-state index >= 15 is 0 Å². The van der Waals surface area contributed by atoms with E-state index in [0.717, 1.165) is 42.4 Å². The molecule has 2 saturated carbocycles. The molecule has 7 rings (SSSR count). The van der Waals surface area contributed by atoms with Crippen LogP contribution in [0, 0.1) is 11.6 Å². The Morgan fingerprint density at radius 3 is 2.14 bits per heavy atom. The predicted molar refractivity (Wildman–Crippen MR) is 164 cm³/mol. The molecule has 0 bridgehead atoms. The van der Waals surface area contributed by atoms with Crippen LogP contribution < -0.4 is 11.1 Å². The van der Waals surface area contributed by atoms with Crippen molar-refractivity contribution in [2.24, 2.45) is 0 Å². The smallest absolute Gasteiger partial charge is 0.223 e. The molecule has 0 unspecified atom stereocenters. The number of imidazole rings is 1. The predicted octanol–water partition coefficient (Wildman–Crippen LogP) is 7.85. The van der Waals surface area contributed by atoms with Crippen molar-refractivity contribution in [2.45, 2.75) is 37.8 Å². The summed E-state index contributed by atoms with van der Waals surface area (Å²) < 4.78 is 28.3. The minimum absolute atomic E-state index is 0.0376. The molecule has 222 valence electrons. The Morgan fingerprint density at radius 1 is 0.860 bits per heavy atom. The van der Waals surface area contributed by atoms with Gasteiger partial charge in [0, 0.05) is 24.5 Å². The van der Waals surface area contributed by atoms with E-state index in [4.69, 9.17) is 52.1 Å². The van der Waals surface area contributed by atoms with Gasteiger partial charge in [0.1, 0.15) is 27.8 Å². The fraction of sp³-hybridized carbons (Fsp3) is 0.214. The summed E-state index contributed by atoms with van der Waals surface area (Å²) in [7, 11) is 0. The summed E-state index contributed by atoms with van der Waals surface area (Å²) >= 11 is 22.7. The number of hydrogen-bond acceptors (Lipinski definition) is 8. The van der Waals surface area contributed by atoms with E-state index in [-0.39, 0.29) is 38.1 Å². The van der Waals surface area contributed by atoms with Crippen LogP contribution in [0.15, 0.2) is 48.8 Å². The summed E-state index contributed by atoms with van der Waals surface area (Å²) in [6.45, 7) is 0. The number of aldehydes is 1. The fourth-order valence-electron chi connectivity index (χ4n) is 3.98. The van der Waals surface area contributed by atoms with Crippen molar-refractivity contribution in [3.8, 4) is 11.4 Å². The minimum Gasteiger partial charge on any atom is -0.397 e. The van der Waals surface area contributed by atoms with Crippen molar-refractivity contribution < 1.29 is 13.6 Å². The molecule has 43 heavy (non-hydrogen) atoms. The lowest BCUT2D eigenvalue weighted by atomic mass is 10.2. The van der Waals surface area contributed by atoms with Crippen molar-refractivity contribution in [1.82, 2.24) is 29.5 Å². The van der Waals surface area contributed by atoms with Crippen LogP contribution in [0.1, 0.15) is 42.1 Å². The number of aromatic nitrogens is 6. The van der Waals surface area contributed by atoms with Crippen LogP contribution in [0.2, 0.25) is 20.9 Å². The molecule has 0 spiro atoms. The van der Waals surface area contributed by atoms with Gasteiger partial charge in [0.2, 0.25) is 10.6 Å². The number of hydrogen-bond donors (Lipinski definition) is 2. The summed E-state index contributed by atoms with van der Waals surface area (Å²) in [6.07, 6.45) is 7.80. The lowest BCUT2D eigenvalue weighted by Gasteiger charge is -2.08. The molecule has 0 saturated heterocycles. The average molecular weight is 666 g/mol. The van der Waals surface area contributed by atoms with Gasteiger partial charge in [-0.1, -0.05) is 23.2 Å². The Labute approximate surface area is 264 Å². The van der Waals surface area contributed by atoms with Gasteiger partial charge in [-0.2, -0.15) is 0 Å². The maximum atomic E-state index is 13.5. The second-order valence-corrected chi connectivity index (χ2v) is 11.1. The van der Waals surface area contributed by atoms with Crippen molar-refractivity contribution in [2.75, 3.05) is 11.1 Å². The molecule has 0 radical (unpaired) electrons. The molecule has 3 heterocycles. The molecule has 9 nitrogen and oxygen atoms in total. The van der Waals surface area contributed by atoms with Gasteiger partial charge in [-0.05, 0) is 85.3 Å². The van der Waals surface area contributed by atoms with Crippen LogP contribution >= 0.6 is 46.4 Å². The van der Waals surface area contributed by atoms with E-state index in [1.807, 2.05) is 4.57 Å². The Bertz CT molecular complexity index is 1800. The van der Waals surface area contributed by atoms with Gasteiger partial charge in [0.15, 0.2) is 6.29 Å². The highest BCUT2D eigenvalue weighted by Gasteiger charge is 2.30. The number of rotatable bonds is 5. The van der Waals surface area contributed by atoms with E-state index in [9.17, 15) is 13.6 Å². The summed E-state index contributed by atoms with van der Waals surface area (Å²) in [5.74, 6) is 0.126. The lowest BCUT2D eigenvalue weighted by Crippen LogP contribution is -2.04. The molecule has 2 fully saturated rings. The van der Waals surface area contributed by atoms with Crippen molar-refractivity contribution in [1.29, 1.82) is 0 Å². The van der Waals surface area contributed by atoms with Crippen LogP contribution in [0.3, 0.4) is 0 Å². The molecule has 0 amide bonds. The average Bonchev–Trinajstić information content (AvgIpc) is 3.91. The monoisotopic (exact) mass is 664 g/mol. The zero-order valence-corrected chi connectivity index (χ0v) is 25.1. The van der Waals surface area contributed by atoms with Gasteiger partial charge in [0.05, 0.1) is 33.5 Å². The topological polar surface area (TPSA) is 124 Å². The standard InChI is InChI=1S/C14H9Cl2FN4.C9H11FN2.C5H2Cl2N2O/c15-12-9(6-18-14(16)20-12)13-19-10-4-1-7(17)5-11(10)21(13)8-2-3-8;10-6-1-4-8(11)9(5-6)12-7-2-3-7;6-4-3(2-10)1-8-5(7)9-4/h1,4-6,8H,2-3H2;1,4-5,7,12H,2-3,11H2;1-2H. The third-order valence-electron chi connectivity index (χ3n) is 6.34. The van der Waals surface area contributed by atoms with Gasteiger partial charge < -0.3 is 15.6 Å². The molecule has 3 N–H and O–H groups in total. The molecule has 5 aromatic rings. The molecule has 2 aliphatic carbocycles. The quantitative estimate of drug-likeness (QED) is 0.0842. The summed E-state index contributed by atoms with van der Waals surface area (Å²) in [6, 6.07) is 9.77. The van der Waals surface area contributed by atoms with Gasteiger partial charge >= 0.3 is 0 Å². The zero-order valence-electron chi connectivity index (χ0n) is 22.1. The van der Waals surface area contributed by atoms with Crippen molar-refractivity contribution in [3.63, 3.8) is 0 Å². The number of carbonyl (C=O) groups is 1. The SMILES string of the molecule is Fc1ccc2nc(-c3cnc(Cl)nc3Cl)n(C3CC3)c2c1.Nc1ccc(F)cc1NC1CC1.O=Cc1cnc(Cl)nc1Cl. The van der Waals surface area contributed by atoms with Gasteiger partial charge in [-0.25, -0.2) is 33.7 Å². The number of nitrogens with zero attached hydrogens (tertiary/aromatic N) is 6. The summed E-state index contributed by atoms with van der Waals surface area (Å²) in [4.78, 5) is 29.7. The molecule has 15 heteroatoms. The number of carbonyl (C=O) groups excluding carboxylic acids is 1. The van der Waals surface area contributed by atoms with Gasteiger partial charge in [0.25, 0.3) is 0 Å². The number of anilines is 2. The van der Waals surface area contributed by atoms with Crippen molar-refractivity contribution in [3.05, 3.63) is 86.9 Å². The molecular weight excluding hydrogens is 644 g/mol. The first kappa shape index (κ1) is 30.8. The van der Waals surface area contributed by atoms with E-state index in [1.165, 1.54) is 30.5 Å². The molecule has 3 aromatic heterocycles. The number of halogens is 6. The fourth-order valence-corrected chi connectivity index (χ4v) is 4.72. The van der Waals surface area contributed by atoms with Crippen LogP contribution in [0.25, 0.3) is 22.4 Å². The first-order valence-electron chi connectivity index (χ1n) is 12.9. The Hall–Kier alpha value is -3.64. The Kier molecular flexibility index (Phi) is 9.55. The third-order valence-corrected chi connectivity index (χ3v) is 7.29. The van der Waals surface area contributed by atoms with Crippen LogP contribution in [0.5, 0.6) is 0 Å². The van der Waals surface area contributed by atoms with Gasteiger partial charge in [-0.15, -0.1) is 0 Å².